The van der Waals surface area contributed by atoms with Gasteiger partial charge in [0.15, 0.2) is 5.75 Å². The molecule has 0 fully saturated rings. The number of hydrogen-bond acceptors (Lipinski definition) is 5. The lowest BCUT2D eigenvalue weighted by Gasteiger charge is -2.09. The van der Waals surface area contributed by atoms with Crippen molar-refractivity contribution in [2.45, 2.75) is 0 Å². The number of ether oxygens (including phenoxy) is 1. The number of nitrogens with zero attached hydrogens (tertiary/aromatic N) is 1. The molecule has 0 saturated carbocycles. The zero-order valence-electron chi connectivity index (χ0n) is 10.3. The van der Waals surface area contributed by atoms with Crippen molar-refractivity contribution < 1.29 is 14.5 Å². The molecular formula is C13H11N3O4. The fourth-order valence-electron chi connectivity index (χ4n) is 1.59. The molecule has 1 amide bonds. The predicted octanol–water partition coefficient (Wildman–Crippen LogP) is 2.07. The lowest BCUT2D eigenvalue weighted by molar-refractivity contribution is -0.385. The third-order valence-electron chi connectivity index (χ3n) is 2.58. The SMILES string of the molecule is NC(=O)c1ccc(Oc2ccccc2N)c([N+](=O)[O-])c1. The van der Waals surface area contributed by atoms with Gasteiger partial charge in [0.05, 0.1) is 10.6 Å². The van der Waals surface area contributed by atoms with Crippen LogP contribution in [-0.4, -0.2) is 10.8 Å². The Hall–Kier alpha value is -3.09. The van der Waals surface area contributed by atoms with E-state index >= 15 is 0 Å². The largest absolute Gasteiger partial charge is 0.448 e. The Morgan fingerprint density at radius 1 is 1.15 bits per heavy atom. The van der Waals surface area contributed by atoms with E-state index in [1.807, 2.05) is 0 Å². The lowest BCUT2D eigenvalue weighted by Crippen LogP contribution is -2.11. The molecule has 2 aromatic carbocycles. The van der Waals surface area contributed by atoms with Gasteiger partial charge in [-0.15, -0.1) is 0 Å². The van der Waals surface area contributed by atoms with Gasteiger partial charge in [0, 0.05) is 11.6 Å². The summed E-state index contributed by atoms with van der Waals surface area (Å²) in [6, 6.07) is 10.3. The second kappa shape index (κ2) is 5.27. The first-order valence-corrected chi connectivity index (χ1v) is 5.59. The van der Waals surface area contributed by atoms with Gasteiger partial charge in [-0.2, -0.15) is 0 Å². The quantitative estimate of drug-likeness (QED) is 0.501. The van der Waals surface area contributed by atoms with Crippen LogP contribution in [0.3, 0.4) is 0 Å². The number of nitrogens with two attached hydrogens (primary N) is 2. The van der Waals surface area contributed by atoms with Gasteiger partial charge in [0.2, 0.25) is 11.7 Å². The second-order valence-corrected chi connectivity index (χ2v) is 3.94. The van der Waals surface area contributed by atoms with E-state index in [0.29, 0.717) is 11.4 Å². The van der Waals surface area contributed by atoms with Crippen LogP contribution in [-0.2, 0) is 0 Å². The average Bonchev–Trinajstić information content (AvgIpc) is 2.41. The number of rotatable bonds is 4. The van der Waals surface area contributed by atoms with E-state index in [-0.39, 0.29) is 17.0 Å². The standard InChI is InChI=1S/C13H11N3O4/c14-9-3-1-2-4-11(9)20-12-6-5-8(13(15)17)7-10(12)16(18)19/h1-7H,14H2,(H2,15,17). The smallest absolute Gasteiger partial charge is 0.312 e. The van der Waals surface area contributed by atoms with Crippen LogP contribution in [0.1, 0.15) is 10.4 Å². The Labute approximate surface area is 113 Å². The number of amides is 1. The fourth-order valence-corrected chi connectivity index (χ4v) is 1.59. The van der Waals surface area contributed by atoms with Crippen LogP contribution < -0.4 is 16.2 Å². The number of anilines is 1. The molecule has 102 valence electrons. The van der Waals surface area contributed by atoms with Gasteiger partial charge < -0.3 is 16.2 Å². The molecular weight excluding hydrogens is 262 g/mol. The van der Waals surface area contributed by atoms with Crippen LogP contribution in [0.4, 0.5) is 11.4 Å². The van der Waals surface area contributed by atoms with Gasteiger partial charge in [-0.05, 0) is 24.3 Å². The van der Waals surface area contributed by atoms with Crippen LogP contribution in [0, 0.1) is 10.1 Å². The number of nitrogen functional groups attached to an aromatic ring is 1. The summed E-state index contributed by atoms with van der Waals surface area (Å²) in [4.78, 5) is 21.4. The Morgan fingerprint density at radius 2 is 1.85 bits per heavy atom. The second-order valence-electron chi connectivity index (χ2n) is 3.94. The highest BCUT2D eigenvalue weighted by Crippen LogP contribution is 2.34. The molecule has 0 spiro atoms. The summed E-state index contributed by atoms with van der Waals surface area (Å²) in [6.07, 6.45) is 0. The highest BCUT2D eigenvalue weighted by atomic mass is 16.6. The molecule has 7 heteroatoms. The van der Waals surface area contributed by atoms with Gasteiger partial charge in [-0.1, -0.05) is 12.1 Å². The van der Waals surface area contributed by atoms with Gasteiger partial charge >= 0.3 is 5.69 Å². The summed E-state index contributed by atoms with van der Waals surface area (Å²) >= 11 is 0. The van der Waals surface area contributed by atoms with Crippen LogP contribution in [0.2, 0.25) is 0 Å². The number of nitro groups is 1. The van der Waals surface area contributed by atoms with E-state index in [4.69, 9.17) is 16.2 Å². The minimum atomic E-state index is -0.751. The number of carbonyl (C=O) groups excluding carboxylic acids is 1. The van der Waals surface area contributed by atoms with Crippen molar-refractivity contribution in [2.75, 3.05) is 5.73 Å². The van der Waals surface area contributed by atoms with Crippen molar-refractivity contribution in [3.63, 3.8) is 0 Å². The summed E-state index contributed by atoms with van der Waals surface area (Å²) in [5, 5.41) is 11.0. The minimum Gasteiger partial charge on any atom is -0.448 e. The number of hydrogen-bond donors (Lipinski definition) is 2. The molecule has 0 radical (unpaired) electrons. The summed E-state index contributed by atoms with van der Waals surface area (Å²) in [5.41, 5.74) is 10.8. The van der Waals surface area contributed by atoms with E-state index in [1.54, 1.807) is 24.3 Å². The molecule has 20 heavy (non-hydrogen) atoms. The Kier molecular flexibility index (Phi) is 3.52. The van der Waals surface area contributed by atoms with Crippen molar-refractivity contribution in [1.82, 2.24) is 0 Å². The molecule has 0 aliphatic heterocycles. The highest BCUT2D eigenvalue weighted by molar-refractivity contribution is 5.93. The number of para-hydroxylation sites is 2. The molecule has 0 aliphatic carbocycles. The third kappa shape index (κ3) is 2.66. The zero-order valence-corrected chi connectivity index (χ0v) is 10.3. The Balaban J connectivity index is 2.44. The summed E-state index contributed by atoms with van der Waals surface area (Å²) < 4.78 is 5.42. The van der Waals surface area contributed by atoms with Crippen molar-refractivity contribution in [3.05, 3.63) is 58.1 Å². The number of carbonyl (C=O) groups is 1. The topological polar surface area (TPSA) is 121 Å². The van der Waals surface area contributed by atoms with Crippen molar-refractivity contribution in [1.29, 1.82) is 0 Å². The Bertz CT molecular complexity index is 685. The molecule has 7 nitrogen and oxygen atoms in total. The van der Waals surface area contributed by atoms with Crippen LogP contribution in [0.15, 0.2) is 42.5 Å². The van der Waals surface area contributed by atoms with E-state index in [1.165, 1.54) is 12.1 Å². The Morgan fingerprint density at radius 3 is 2.45 bits per heavy atom. The maximum atomic E-state index is 11.0. The zero-order chi connectivity index (χ0) is 14.7. The van der Waals surface area contributed by atoms with Crippen LogP contribution in [0.5, 0.6) is 11.5 Å². The molecule has 4 N–H and O–H groups in total. The summed E-state index contributed by atoms with van der Waals surface area (Å²) in [6.45, 7) is 0. The molecule has 0 unspecified atom stereocenters. The minimum absolute atomic E-state index is 0.0158. The van der Waals surface area contributed by atoms with Gasteiger partial charge in [-0.25, -0.2) is 0 Å². The van der Waals surface area contributed by atoms with E-state index in [2.05, 4.69) is 0 Å². The first-order valence-electron chi connectivity index (χ1n) is 5.59. The van der Waals surface area contributed by atoms with Gasteiger partial charge in [-0.3, -0.25) is 14.9 Å². The molecule has 0 atom stereocenters. The first kappa shape index (κ1) is 13.3. The molecule has 0 heterocycles. The van der Waals surface area contributed by atoms with E-state index in [0.717, 1.165) is 6.07 Å². The number of benzene rings is 2. The van der Waals surface area contributed by atoms with Crippen molar-refractivity contribution in [3.8, 4) is 11.5 Å². The molecule has 2 rings (SSSR count). The van der Waals surface area contributed by atoms with Gasteiger partial charge in [0.25, 0.3) is 0 Å². The maximum absolute atomic E-state index is 11.0. The third-order valence-corrected chi connectivity index (χ3v) is 2.58. The molecule has 0 aliphatic rings. The molecule has 0 bridgehead atoms. The molecule has 2 aromatic rings. The van der Waals surface area contributed by atoms with Crippen molar-refractivity contribution >= 4 is 17.3 Å². The summed E-state index contributed by atoms with van der Waals surface area (Å²) in [5.74, 6) is -0.473. The van der Waals surface area contributed by atoms with Crippen LogP contribution in [0.25, 0.3) is 0 Å². The first-order chi connectivity index (χ1) is 9.49. The fraction of sp³-hybridized carbons (Fsp3) is 0. The van der Waals surface area contributed by atoms with E-state index < -0.39 is 10.8 Å². The number of nitro benzene ring substituents is 1. The van der Waals surface area contributed by atoms with E-state index in [9.17, 15) is 14.9 Å². The predicted molar refractivity (Wildman–Crippen MR) is 72.5 cm³/mol. The maximum Gasteiger partial charge on any atom is 0.312 e. The van der Waals surface area contributed by atoms with Gasteiger partial charge in [0.1, 0.15) is 0 Å². The summed E-state index contributed by atoms with van der Waals surface area (Å²) in [7, 11) is 0. The molecule has 0 saturated heterocycles. The molecule has 0 aromatic heterocycles. The van der Waals surface area contributed by atoms with Crippen LogP contribution >= 0.6 is 0 Å². The monoisotopic (exact) mass is 273 g/mol. The average molecular weight is 273 g/mol. The lowest BCUT2D eigenvalue weighted by atomic mass is 10.2. The van der Waals surface area contributed by atoms with Crippen molar-refractivity contribution in [2.24, 2.45) is 5.73 Å². The normalized spacial score (nSPS) is 10.0. The highest BCUT2D eigenvalue weighted by Gasteiger charge is 2.19. The number of primary amides is 1.